The van der Waals surface area contributed by atoms with Gasteiger partial charge in [-0.1, -0.05) is 12.8 Å². The molecule has 0 aliphatic rings. The van der Waals surface area contributed by atoms with Gasteiger partial charge in [-0.2, -0.15) is 0 Å². The number of hydrogen-bond acceptors (Lipinski definition) is 1. The van der Waals surface area contributed by atoms with Gasteiger partial charge in [0.2, 0.25) is 0 Å². The molecule has 0 fully saturated rings. The van der Waals surface area contributed by atoms with E-state index in [9.17, 15) is 0 Å². The standard InChI is InChI=1S/C9H22N2/c1-10-8-6-4-3-5-7-9-11-2/h10-11H,3-9H2,1-2H3/p+1. The van der Waals surface area contributed by atoms with Crippen LogP contribution in [0.5, 0.6) is 0 Å². The Hall–Kier alpha value is -0.0800. The Morgan fingerprint density at radius 3 is 2.27 bits per heavy atom. The molecule has 0 radical (unpaired) electrons. The first-order valence-corrected chi connectivity index (χ1v) is 4.84. The molecule has 0 aliphatic carbocycles. The Bertz CT molecular complexity index is 56.6. The number of nitrogens with one attached hydrogen (secondary N) is 1. The van der Waals surface area contributed by atoms with E-state index in [-0.39, 0.29) is 0 Å². The largest absolute Gasteiger partial charge is 0.349 e. The molecular weight excluding hydrogens is 136 g/mol. The molecule has 0 aromatic carbocycles. The van der Waals surface area contributed by atoms with Gasteiger partial charge in [0, 0.05) is 0 Å². The van der Waals surface area contributed by atoms with Crippen molar-refractivity contribution in [1.82, 2.24) is 5.32 Å². The Kier molecular flexibility index (Phi) is 9.85. The third kappa shape index (κ3) is 9.92. The maximum atomic E-state index is 3.16. The second-order valence-electron chi connectivity index (χ2n) is 3.07. The Balaban J connectivity index is 2.69. The lowest BCUT2D eigenvalue weighted by Crippen LogP contribution is -2.79. The van der Waals surface area contributed by atoms with E-state index in [1.54, 1.807) is 0 Å². The van der Waals surface area contributed by atoms with E-state index >= 15 is 0 Å². The smallest absolute Gasteiger partial charge is 0.0753 e. The fourth-order valence-corrected chi connectivity index (χ4v) is 1.18. The molecule has 2 nitrogen and oxygen atoms in total. The maximum Gasteiger partial charge on any atom is 0.0753 e. The summed E-state index contributed by atoms with van der Waals surface area (Å²) in [5, 5.41) is 5.42. The fourth-order valence-electron chi connectivity index (χ4n) is 1.18. The third-order valence-corrected chi connectivity index (χ3v) is 1.92. The minimum atomic E-state index is 1.18. The third-order valence-electron chi connectivity index (χ3n) is 1.92. The van der Waals surface area contributed by atoms with Crippen molar-refractivity contribution in [2.24, 2.45) is 0 Å². The zero-order chi connectivity index (χ0) is 8.36. The fraction of sp³-hybridized carbons (Fsp3) is 1.00. The SMILES string of the molecule is CNCCCCCCC[NH2+]C. The normalized spacial score (nSPS) is 10.4. The summed E-state index contributed by atoms with van der Waals surface area (Å²) in [6, 6.07) is 0. The van der Waals surface area contributed by atoms with Crippen LogP contribution in [0, 0.1) is 0 Å². The van der Waals surface area contributed by atoms with Crippen molar-refractivity contribution in [3.63, 3.8) is 0 Å². The summed E-state index contributed by atoms with van der Waals surface area (Å²) in [5.74, 6) is 0. The molecule has 0 heterocycles. The Morgan fingerprint density at radius 2 is 1.64 bits per heavy atom. The van der Waals surface area contributed by atoms with E-state index < -0.39 is 0 Å². The van der Waals surface area contributed by atoms with Crippen LogP contribution >= 0.6 is 0 Å². The van der Waals surface area contributed by atoms with Crippen molar-refractivity contribution >= 4 is 0 Å². The molecule has 0 spiro atoms. The van der Waals surface area contributed by atoms with Gasteiger partial charge in [0.05, 0.1) is 13.6 Å². The van der Waals surface area contributed by atoms with Crippen LogP contribution in [0.1, 0.15) is 32.1 Å². The molecule has 0 atom stereocenters. The van der Waals surface area contributed by atoms with Crippen LogP contribution < -0.4 is 10.6 Å². The number of nitrogens with two attached hydrogens (primary N) is 1. The number of quaternary nitrogens is 1. The first-order chi connectivity index (χ1) is 5.41. The molecule has 0 saturated carbocycles. The summed E-state index contributed by atoms with van der Waals surface area (Å²) in [7, 11) is 4.16. The van der Waals surface area contributed by atoms with Gasteiger partial charge < -0.3 is 10.6 Å². The van der Waals surface area contributed by atoms with Crippen molar-refractivity contribution in [1.29, 1.82) is 0 Å². The number of hydrogen-bond donors (Lipinski definition) is 2. The first-order valence-electron chi connectivity index (χ1n) is 4.84. The van der Waals surface area contributed by atoms with Gasteiger partial charge >= 0.3 is 0 Å². The molecule has 0 bridgehead atoms. The second kappa shape index (κ2) is 9.92. The highest BCUT2D eigenvalue weighted by Crippen LogP contribution is 2.00. The summed E-state index contributed by atoms with van der Waals surface area (Å²) < 4.78 is 0. The van der Waals surface area contributed by atoms with Crippen molar-refractivity contribution in [3.05, 3.63) is 0 Å². The van der Waals surface area contributed by atoms with Gasteiger partial charge in [0.1, 0.15) is 0 Å². The van der Waals surface area contributed by atoms with E-state index in [1.165, 1.54) is 45.2 Å². The monoisotopic (exact) mass is 159 g/mol. The average Bonchev–Trinajstić information content (AvgIpc) is 2.03. The summed E-state index contributed by atoms with van der Waals surface area (Å²) in [5.41, 5.74) is 0. The molecule has 0 unspecified atom stereocenters. The lowest BCUT2D eigenvalue weighted by molar-refractivity contribution is -0.627. The summed E-state index contributed by atoms with van der Waals surface area (Å²) >= 11 is 0. The Labute approximate surface area is 70.8 Å². The van der Waals surface area contributed by atoms with Gasteiger partial charge in [-0.15, -0.1) is 0 Å². The van der Waals surface area contributed by atoms with Crippen LogP contribution in [0.3, 0.4) is 0 Å². The Morgan fingerprint density at radius 1 is 1.00 bits per heavy atom. The summed E-state index contributed by atoms with van der Waals surface area (Å²) in [6.07, 6.45) is 6.94. The molecule has 0 aromatic rings. The van der Waals surface area contributed by atoms with E-state index in [1.807, 2.05) is 7.05 Å². The predicted molar refractivity (Wildman–Crippen MR) is 49.7 cm³/mol. The summed E-state index contributed by atoms with van der Waals surface area (Å²) in [6.45, 7) is 2.48. The van der Waals surface area contributed by atoms with Crippen molar-refractivity contribution < 1.29 is 5.32 Å². The van der Waals surface area contributed by atoms with Crippen LogP contribution in [0.25, 0.3) is 0 Å². The van der Waals surface area contributed by atoms with E-state index in [4.69, 9.17) is 0 Å². The van der Waals surface area contributed by atoms with Crippen LogP contribution in [0.2, 0.25) is 0 Å². The zero-order valence-corrected chi connectivity index (χ0v) is 8.03. The highest BCUT2D eigenvalue weighted by Gasteiger charge is 1.89. The molecule has 11 heavy (non-hydrogen) atoms. The van der Waals surface area contributed by atoms with Crippen LogP contribution in [0.4, 0.5) is 0 Å². The molecule has 2 heteroatoms. The van der Waals surface area contributed by atoms with Crippen molar-refractivity contribution in [2.45, 2.75) is 32.1 Å². The minimum absolute atomic E-state index is 1.18. The molecular formula is C9H23N2+. The van der Waals surface area contributed by atoms with Gasteiger partial charge in [0.25, 0.3) is 0 Å². The van der Waals surface area contributed by atoms with E-state index in [0.717, 1.165) is 0 Å². The topological polar surface area (TPSA) is 28.6 Å². The average molecular weight is 159 g/mol. The lowest BCUT2D eigenvalue weighted by atomic mass is 10.1. The van der Waals surface area contributed by atoms with Gasteiger partial charge in [-0.25, -0.2) is 0 Å². The minimum Gasteiger partial charge on any atom is -0.349 e. The number of rotatable bonds is 8. The van der Waals surface area contributed by atoms with Crippen LogP contribution in [-0.2, 0) is 0 Å². The van der Waals surface area contributed by atoms with Gasteiger partial charge in [-0.3, -0.25) is 0 Å². The summed E-state index contributed by atoms with van der Waals surface area (Å²) in [4.78, 5) is 0. The molecule has 0 rings (SSSR count). The highest BCUT2D eigenvalue weighted by atomic mass is 14.8. The predicted octanol–water partition coefficient (Wildman–Crippen LogP) is 0.350. The molecule has 0 saturated heterocycles. The molecule has 0 aromatic heterocycles. The van der Waals surface area contributed by atoms with Gasteiger partial charge in [-0.05, 0) is 32.9 Å². The highest BCUT2D eigenvalue weighted by molar-refractivity contribution is 4.45. The van der Waals surface area contributed by atoms with E-state index in [2.05, 4.69) is 17.7 Å². The quantitative estimate of drug-likeness (QED) is 0.492. The van der Waals surface area contributed by atoms with Crippen molar-refractivity contribution in [2.75, 3.05) is 27.2 Å². The van der Waals surface area contributed by atoms with E-state index in [0.29, 0.717) is 0 Å². The van der Waals surface area contributed by atoms with Crippen LogP contribution in [0.15, 0.2) is 0 Å². The zero-order valence-electron chi connectivity index (χ0n) is 8.03. The molecule has 68 valence electrons. The van der Waals surface area contributed by atoms with Crippen molar-refractivity contribution in [3.8, 4) is 0 Å². The molecule has 0 amide bonds. The van der Waals surface area contributed by atoms with Crippen LogP contribution in [-0.4, -0.2) is 27.2 Å². The second-order valence-corrected chi connectivity index (χ2v) is 3.07. The molecule has 0 aliphatic heterocycles. The molecule has 3 N–H and O–H groups in total. The first kappa shape index (κ1) is 10.9. The van der Waals surface area contributed by atoms with Gasteiger partial charge in [0.15, 0.2) is 0 Å². The number of unbranched alkanes of at least 4 members (excludes halogenated alkanes) is 4. The maximum absolute atomic E-state index is 3.16. The lowest BCUT2D eigenvalue weighted by Gasteiger charge is -1.99.